The van der Waals surface area contributed by atoms with Crippen LogP contribution >= 0.6 is 0 Å². The highest BCUT2D eigenvalue weighted by molar-refractivity contribution is 5.82. The maximum atomic E-state index is 12.4. The second-order valence-electron chi connectivity index (χ2n) is 4.88. The van der Waals surface area contributed by atoms with E-state index in [0.29, 0.717) is 32.5 Å². The van der Waals surface area contributed by atoms with Gasteiger partial charge in [0.25, 0.3) is 0 Å². The molecule has 1 rings (SSSR count). The van der Waals surface area contributed by atoms with Crippen molar-refractivity contribution in [2.45, 2.75) is 19.8 Å². The molecule has 0 unspecified atom stereocenters. The Balaban J connectivity index is 2.65. The van der Waals surface area contributed by atoms with Crippen molar-refractivity contribution in [1.82, 2.24) is 4.90 Å². The number of nitrogens with zero attached hydrogens (tertiary/aromatic N) is 2. The fourth-order valence-electron chi connectivity index (χ4n) is 1.97. The minimum atomic E-state index is 0.00314. The molecule has 0 spiro atoms. The number of carbonyl (C=O) groups excluding carboxylic acids is 1. The number of rotatable bonds is 8. The largest absolute Gasteiger partial charge is 0.409 e. The van der Waals surface area contributed by atoms with Crippen LogP contribution in [0.15, 0.2) is 29.4 Å². The number of amidine groups is 1. The van der Waals surface area contributed by atoms with Crippen LogP contribution in [0.2, 0.25) is 0 Å². The predicted octanol–water partition coefficient (Wildman–Crippen LogP) is 1.15. The molecule has 6 heteroatoms. The summed E-state index contributed by atoms with van der Waals surface area (Å²) in [5, 5.41) is 11.5. The van der Waals surface area contributed by atoms with Crippen LogP contribution in [0.3, 0.4) is 0 Å². The average molecular weight is 293 g/mol. The zero-order chi connectivity index (χ0) is 15.7. The first-order valence-corrected chi connectivity index (χ1v) is 6.85. The van der Waals surface area contributed by atoms with Gasteiger partial charge in [0.1, 0.15) is 5.84 Å². The third-order valence-electron chi connectivity index (χ3n) is 3.12. The van der Waals surface area contributed by atoms with Gasteiger partial charge in [-0.3, -0.25) is 4.79 Å². The van der Waals surface area contributed by atoms with Crippen LogP contribution in [0, 0.1) is 6.92 Å². The number of hydrogen-bond donors (Lipinski definition) is 2. The quantitative estimate of drug-likeness (QED) is 0.326. The number of amides is 1. The second kappa shape index (κ2) is 8.97. The van der Waals surface area contributed by atoms with Crippen LogP contribution in [-0.4, -0.2) is 48.7 Å². The van der Waals surface area contributed by atoms with E-state index in [-0.39, 0.29) is 11.7 Å². The van der Waals surface area contributed by atoms with Gasteiger partial charge in [-0.1, -0.05) is 35.0 Å². The fraction of sp³-hybridized carbons (Fsp3) is 0.467. The molecule has 116 valence electrons. The second-order valence-corrected chi connectivity index (χ2v) is 4.88. The van der Waals surface area contributed by atoms with Crippen molar-refractivity contribution in [3.63, 3.8) is 0 Å². The van der Waals surface area contributed by atoms with E-state index in [1.807, 2.05) is 31.2 Å². The van der Waals surface area contributed by atoms with Crippen LogP contribution in [-0.2, 0) is 16.0 Å². The smallest absolute Gasteiger partial charge is 0.227 e. The first-order chi connectivity index (χ1) is 10.1. The van der Waals surface area contributed by atoms with E-state index in [9.17, 15) is 4.79 Å². The predicted molar refractivity (Wildman–Crippen MR) is 81.4 cm³/mol. The molecule has 21 heavy (non-hydrogen) atoms. The van der Waals surface area contributed by atoms with E-state index in [0.717, 1.165) is 11.1 Å². The van der Waals surface area contributed by atoms with Crippen molar-refractivity contribution in [2.75, 3.05) is 26.8 Å². The fourth-order valence-corrected chi connectivity index (χ4v) is 1.97. The lowest BCUT2D eigenvalue weighted by Gasteiger charge is -2.22. The van der Waals surface area contributed by atoms with Gasteiger partial charge >= 0.3 is 0 Å². The third kappa shape index (κ3) is 6.27. The standard InChI is InChI=1S/C15H23N3O3/c1-12-4-3-5-13(10-12)11-15(19)18(8-9-21-2)7-6-14(16)17-20/h3-5,10,20H,6-9,11H2,1-2H3,(H2,16,17). The van der Waals surface area contributed by atoms with Crippen molar-refractivity contribution in [3.8, 4) is 0 Å². The Bertz CT molecular complexity index is 489. The van der Waals surface area contributed by atoms with Crippen molar-refractivity contribution in [1.29, 1.82) is 0 Å². The minimum Gasteiger partial charge on any atom is -0.409 e. The molecule has 0 fully saturated rings. The third-order valence-corrected chi connectivity index (χ3v) is 3.12. The number of hydrogen-bond acceptors (Lipinski definition) is 4. The Hall–Kier alpha value is -2.08. The van der Waals surface area contributed by atoms with Gasteiger partial charge in [0.05, 0.1) is 13.0 Å². The molecule has 1 aromatic rings. The van der Waals surface area contributed by atoms with E-state index >= 15 is 0 Å². The molecule has 0 saturated heterocycles. The number of benzene rings is 1. The monoisotopic (exact) mass is 293 g/mol. The molecule has 0 aliphatic heterocycles. The van der Waals surface area contributed by atoms with E-state index < -0.39 is 0 Å². The Labute approximate surface area is 125 Å². The van der Waals surface area contributed by atoms with E-state index in [1.54, 1.807) is 12.0 Å². The van der Waals surface area contributed by atoms with Crippen LogP contribution in [0.4, 0.5) is 0 Å². The van der Waals surface area contributed by atoms with Gasteiger partial charge in [0.2, 0.25) is 5.91 Å². The Kier molecular flexibility index (Phi) is 7.25. The first-order valence-electron chi connectivity index (χ1n) is 6.85. The Morgan fingerprint density at radius 1 is 1.43 bits per heavy atom. The van der Waals surface area contributed by atoms with E-state index in [1.165, 1.54) is 0 Å². The van der Waals surface area contributed by atoms with Crippen LogP contribution in [0.5, 0.6) is 0 Å². The topological polar surface area (TPSA) is 88.2 Å². The molecular formula is C15H23N3O3. The van der Waals surface area contributed by atoms with Crippen molar-refractivity contribution in [2.24, 2.45) is 10.9 Å². The molecule has 0 atom stereocenters. The zero-order valence-corrected chi connectivity index (χ0v) is 12.6. The lowest BCUT2D eigenvalue weighted by Crippen LogP contribution is -2.37. The van der Waals surface area contributed by atoms with Crippen LogP contribution in [0.25, 0.3) is 0 Å². The van der Waals surface area contributed by atoms with E-state index in [4.69, 9.17) is 15.7 Å². The number of ether oxygens (including phenoxy) is 1. The molecule has 0 heterocycles. The minimum absolute atomic E-state index is 0.00314. The number of oxime groups is 1. The van der Waals surface area contributed by atoms with Crippen LogP contribution in [0.1, 0.15) is 17.5 Å². The highest BCUT2D eigenvalue weighted by Gasteiger charge is 2.14. The Morgan fingerprint density at radius 2 is 2.19 bits per heavy atom. The number of carbonyl (C=O) groups is 1. The molecular weight excluding hydrogens is 270 g/mol. The van der Waals surface area contributed by atoms with Gasteiger partial charge in [-0.05, 0) is 12.5 Å². The molecule has 0 aliphatic rings. The summed E-state index contributed by atoms with van der Waals surface area (Å²) >= 11 is 0. The summed E-state index contributed by atoms with van der Waals surface area (Å²) in [6.45, 7) is 3.34. The van der Waals surface area contributed by atoms with Crippen molar-refractivity contribution in [3.05, 3.63) is 35.4 Å². The van der Waals surface area contributed by atoms with Crippen molar-refractivity contribution < 1.29 is 14.7 Å². The molecule has 1 amide bonds. The van der Waals surface area contributed by atoms with Gasteiger partial charge in [-0.2, -0.15) is 0 Å². The van der Waals surface area contributed by atoms with Gasteiger partial charge in [-0.25, -0.2) is 0 Å². The normalized spacial score (nSPS) is 11.4. The number of methoxy groups -OCH3 is 1. The molecule has 3 N–H and O–H groups in total. The highest BCUT2D eigenvalue weighted by Crippen LogP contribution is 2.07. The van der Waals surface area contributed by atoms with Gasteiger partial charge in [0, 0.05) is 26.6 Å². The van der Waals surface area contributed by atoms with Crippen molar-refractivity contribution >= 4 is 11.7 Å². The SMILES string of the molecule is COCCN(CCC(N)=NO)C(=O)Cc1cccc(C)c1. The number of aryl methyl sites for hydroxylation is 1. The van der Waals surface area contributed by atoms with E-state index in [2.05, 4.69) is 5.16 Å². The summed E-state index contributed by atoms with van der Waals surface area (Å²) in [5.41, 5.74) is 7.56. The van der Waals surface area contributed by atoms with Crippen LogP contribution < -0.4 is 5.73 Å². The lowest BCUT2D eigenvalue weighted by atomic mass is 10.1. The molecule has 0 bridgehead atoms. The summed E-state index contributed by atoms with van der Waals surface area (Å²) in [6.07, 6.45) is 0.668. The van der Waals surface area contributed by atoms with Gasteiger partial charge in [-0.15, -0.1) is 0 Å². The summed E-state index contributed by atoms with van der Waals surface area (Å²) in [7, 11) is 1.59. The number of nitrogens with two attached hydrogens (primary N) is 1. The molecule has 0 saturated carbocycles. The summed E-state index contributed by atoms with van der Waals surface area (Å²) in [5.74, 6) is 0.115. The zero-order valence-electron chi connectivity index (χ0n) is 12.6. The van der Waals surface area contributed by atoms with Gasteiger partial charge in [0.15, 0.2) is 0 Å². The maximum Gasteiger partial charge on any atom is 0.227 e. The summed E-state index contributed by atoms with van der Waals surface area (Å²) in [6, 6.07) is 7.86. The lowest BCUT2D eigenvalue weighted by molar-refractivity contribution is -0.131. The molecule has 0 aliphatic carbocycles. The molecule has 0 radical (unpaired) electrons. The highest BCUT2D eigenvalue weighted by atomic mass is 16.5. The summed E-state index contributed by atoms with van der Waals surface area (Å²) in [4.78, 5) is 14.0. The molecule has 6 nitrogen and oxygen atoms in total. The summed E-state index contributed by atoms with van der Waals surface area (Å²) < 4.78 is 5.02. The maximum absolute atomic E-state index is 12.4. The Morgan fingerprint density at radius 3 is 2.81 bits per heavy atom. The van der Waals surface area contributed by atoms with Gasteiger partial charge < -0.3 is 20.6 Å². The molecule has 0 aromatic heterocycles. The first kappa shape index (κ1) is 17.0. The molecule has 1 aromatic carbocycles. The average Bonchev–Trinajstić information content (AvgIpc) is 2.46.